The molecule has 0 N–H and O–H groups in total. The topological polar surface area (TPSA) is 17.8 Å². The van der Waals surface area contributed by atoms with E-state index >= 15 is 0 Å². The van der Waals surface area contributed by atoms with E-state index in [1.54, 1.807) is 0 Å². The molecular weight excluding hydrogens is 160 g/mol. The van der Waals surface area contributed by atoms with Crippen LogP contribution < -0.4 is 0 Å². The third kappa shape index (κ3) is 1.32. The maximum Gasteiger partial charge on any atom is 0.0957 e. The monoisotopic (exact) mass is 174 g/mol. The Morgan fingerprint density at radius 1 is 1.31 bits per heavy atom. The summed E-state index contributed by atoms with van der Waals surface area (Å²) in [6.45, 7) is 4.40. The fraction of sp³-hybridized carbons (Fsp3) is 0.364. The van der Waals surface area contributed by atoms with Gasteiger partial charge < -0.3 is 0 Å². The van der Waals surface area contributed by atoms with E-state index in [1.807, 2.05) is 11.7 Å². The molecule has 0 unspecified atom stereocenters. The molecule has 0 fully saturated rings. The first-order valence-electron chi connectivity index (χ1n) is 4.61. The van der Waals surface area contributed by atoms with Gasteiger partial charge in [-0.3, -0.25) is 4.68 Å². The van der Waals surface area contributed by atoms with Crippen LogP contribution in [0.4, 0.5) is 0 Å². The summed E-state index contributed by atoms with van der Waals surface area (Å²) in [6.07, 6.45) is 2.06. The highest BCUT2D eigenvalue weighted by Crippen LogP contribution is 2.23. The Hall–Kier alpha value is -1.31. The Morgan fingerprint density at radius 3 is 2.77 bits per heavy atom. The van der Waals surface area contributed by atoms with Gasteiger partial charge in [0.25, 0.3) is 0 Å². The van der Waals surface area contributed by atoms with Crippen LogP contribution in [0.1, 0.15) is 25.3 Å². The Bertz CT molecular complexity index is 427. The Labute approximate surface area is 78.2 Å². The Kier molecular flexibility index (Phi) is 1.83. The van der Waals surface area contributed by atoms with Crippen molar-refractivity contribution < 1.29 is 0 Å². The molecular formula is C11H14N2. The summed E-state index contributed by atoms with van der Waals surface area (Å²) >= 11 is 0. The third-order valence-electron chi connectivity index (χ3n) is 2.30. The third-order valence-corrected chi connectivity index (χ3v) is 2.30. The number of nitrogens with zero attached hydrogens (tertiary/aromatic N) is 2. The molecule has 1 heterocycles. The van der Waals surface area contributed by atoms with Crippen molar-refractivity contribution in [3.8, 4) is 0 Å². The summed E-state index contributed by atoms with van der Waals surface area (Å²) in [5.41, 5.74) is 2.47. The van der Waals surface area contributed by atoms with Crippen molar-refractivity contribution in [3.05, 3.63) is 30.0 Å². The lowest BCUT2D eigenvalue weighted by Gasteiger charge is -2.04. The van der Waals surface area contributed by atoms with Gasteiger partial charge in [0.1, 0.15) is 0 Å². The largest absolute Gasteiger partial charge is 0.275 e. The zero-order chi connectivity index (χ0) is 9.42. The van der Waals surface area contributed by atoms with Crippen molar-refractivity contribution in [1.29, 1.82) is 0 Å². The number of rotatable bonds is 1. The zero-order valence-corrected chi connectivity index (χ0v) is 8.28. The van der Waals surface area contributed by atoms with Crippen molar-refractivity contribution in [3.63, 3.8) is 0 Å². The maximum atomic E-state index is 4.45. The van der Waals surface area contributed by atoms with Crippen LogP contribution in [0.15, 0.2) is 24.4 Å². The number of hydrogen-bond acceptors (Lipinski definition) is 1. The first-order chi connectivity index (χ1) is 6.18. The van der Waals surface area contributed by atoms with Gasteiger partial charge in [-0.25, -0.2) is 0 Å². The molecule has 13 heavy (non-hydrogen) atoms. The standard InChI is InChI=1S/C11H14N2/c1-8(2)10-6-4-5-9-7-13(3)12-11(9)10/h4-8H,1-3H3. The molecule has 0 saturated carbocycles. The van der Waals surface area contributed by atoms with Crippen molar-refractivity contribution >= 4 is 10.9 Å². The maximum absolute atomic E-state index is 4.45. The summed E-state index contributed by atoms with van der Waals surface area (Å²) in [6, 6.07) is 6.35. The first-order valence-corrected chi connectivity index (χ1v) is 4.61. The fourth-order valence-corrected chi connectivity index (χ4v) is 1.65. The molecule has 0 spiro atoms. The van der Waals surface area contributed by atoms with Gasteiger partial charge in [-0.1, -0.05) is 32.0 Å². The minimum atomic E-state index is 0.540. The molecule has 2 nitrogen and oxygen atoms in total. The minimum Gasteiger partial charge on any atom is -0.275 e. The van der Waals surface area contributed by atoms with E-state index in [2.05, 4.69) is 43.3 Å². The van der Waals surface area contributed by atoms with Crippen LogP contribution in [0.2, 0.25) is 0 Å². The normalized spacial score (nSPS) is 11.4. The van der Waals surface area contributed by atoms with Crippen molar-refractivity contribution in [1.82, 2.24) is 9.78 Å². The molecule has 1 aromatic heterocycles. The molecule has 2 aromatic rings. The van der Waals surface area contributed by atoms with Crippen LogP contribution in [0.3, 0.4) is 0 Å². The number of aryl methyl sites for hydroxylation is 1. The van der Waals surface area contributed by atoms with Gasteiger partial charge in [-0.05, 0) is 11.5 Å². The van der Waals surface area contributed by atoms with Crippen LogP contribution in [0.5, 0.6) is 0 Å². The van der Waals surface area contributed by atoms with Crippen LogP contribution in [-0.4, -0.2) is 9.78 Å². The van der Waals surface area contributed by atoms with Crippen LogP contribution in [0, 0.1) is 0 Å². The second kappa shape index (κ2) is 2.87. The van der Waals surface area contributed by atoms with E-state index in [4.69, 9.17) is 0 Å². The number of hydrogen-bond donors (Lipinski definition) is 0. The van der Waals surface area contributed by atoms with Gasteiger partial charge >= 0.3 is 0 Å². The Morgan fingerprint density at radius 2 is 2.08 bits per heavy atom. The first kappa shape index (κ1) is 8.30. The van der Waals surface area contributed by atoms with Crippen molar-refractivity contribution in [2.75, 3.05) is 0 Å². The average molecular weight is 174 g/mol. The fourth-order valence-electron chi connectivity index (χ4n) is 1.65. The molecule has 0 radical (unpaired) electrons. The predicted octanol–water partition coefficient (Wildman–Crippen LogP) is 2.70. The summed E-state index contributed by atoms with van der Waals surface area (Å²) in [7, 11) is 1.96. The summed E-state index contributed by atoms with van der Waals surface area (Å²) in [5, 5.41) is 5.68. The highest BCUT2D eigenvalue weighted by atomic mass is 15.2. The molecule has 0 atom stereocenters. The lowest BCUT2D eigenvalue weighted by Crippen LogP contribution is -1.90. The second-order valence-electron chi connectivity index (χ2n) is 3.74. The van der Waals surface area contributed by atoms with E-state index < -0.39 is 0 Å². The van der Waals surface area contributed by atoms with Gasteiger partial charge in [-0.15, -0.1) is 0 Å². The molecule has 2 rings (SSSR count). The lowest BCUT2D eigenvalue weighted by molar-refractivity contribution is 0.773. The molecule has 0 saturated heterocycles. The van der Waals surface area contributed by atoms with Crippen molar-refractivity contribution in [2.45, 2.75) is 19.8 Å². The predicted molar refractivity (Wildman–Crippen MR) is 54.8 cm³/mol. The smallest absolute Gasteiger partial charge is 0.0957 e. The quantitative estimate of drug-likeness (QED) is 0.650. The summed E-state index contributed by atoms with van der Waals surface area (Å²) in [4.78, 5) is 0. The van der Waals surface area contributed by atoms with Gasteiger partial charge in [0, 0.05) is 18.6 Å². The zero-order valence-electron chi connectivity index (χ0n) is 8.28. The minimum absolute atomic E-state index is 0.540. The molecule has 0 aliphatic rings. The number of aromatic nitrogens is 2. The number of benzene rings is 1. The number of fused-ring (bicyclic) bond motifs is 1. The molecule has 1 aromatic carbocycles. The molecule has 0 aliphatic carbocycles. The lowest BCUT2D eigenvalue weighted by atomic mass is 10.0. The van der Waals surface area contributed by atoms with Crippen LogP contribution in [-0.2, 0) is 7.05 Å². The Balaban J connectivity index is 2.75. The van der Waals surface area contributed by atoms with Gasteiger partial charge in [0.2, 0.25) is 0 Å². The van der Waals surface area contributed by atoms with Gasteiger partial charge in [-0.2, -0.15) is 5.10 Å². The van der Waals surface area contributed by atoms with E-state index in [0.717, 1.165) is 5.52 Å². The van der Waals surface area contributed by atoms with E-state index in [-0.39, 0.29) is 0 Å². The molecule has 68 valence electrons. The molecule has 0 bridgehead atoms. The van der Waals surface area contributed by atoms with Gasteiger partial charge in [0.15, 0.2) is 0 Å². The van der Waals surface area contributed by atoms with E-state index in [9.17, 15) is 0 Å². The van der Waals surface area contributed by atoms with Crippen molar-refractivity contribution in [2.24, 2.45) is 7.05 Å². The average Bonchev–Trinajstić information content (AvgIpc) is 2.43. The highest BCUT2D eigenvalue weighted by Gasteiger charge is 2.06. The molecule has 0 amide bonds. The SMILES string of the molecule is CC(C)c1cccc2cn(C)nc12. The van der Waals surface area contributed by atoms with E-state index in [1.165, 1.54) is 10.9 Å². The second-order valence-corrected chi connectivity index (χ2v) is 3.74. The van der Waals surface area contributed by atoms with E-state index in [0.29, 0.717) is 5.92 Å². The summed E-state index contributed by atoms with van der Waals surface area (Å²) in [5.74, 6) is 0.540. The molecule has 0 aliphatic heterocycles. The highest BCUT2D eigenvalue weighted by molar-refractivity contribution is 5.81. The summed E-state index contributed by atoms with van der Waals surface area (Å²) < 4.78 is 1.87. The van der Waals surface area contributed by atoms with Crippen LogP contribution >= 0.6 is 0 Å². The van der Waals surface area contributed by atoms with Crippen LogP contribution in [0.25, 0.3) is 10.9 Å². The molecule has 2 heteroatoms. The van der Waals surface area contributed by atoms with Gasteiger partial charge in [0.05, 0.1) is 5.52 Å².